The lowest BCUT2D eigenvalue weighted by atomic mass is 10.0. The van der Waals surface area contributed by atoms with Crippen molar-refractivity contribution in [3.63, 3.8) is 0 Å². The maximum Gasteiger partial charge on any atom is 0.240 e. The van der Waals surface area contributed by atoms with Crippen LogP contribution in [0.15, 0.2) is 0 Å². The third kappa shape index (κ3) is 3.42. The first-order valence-electron chi connectivity index (χ1n) is 7.30. The van der Waals surface area contributed by atoms with Crippen molar-refractivity contribution < 1.29 is 14.3 Å². The molecule has 0 saturated carbocycles. The maximum absolute atomic E-state index is 12.1. The molecule has 3 heterocycles. The number of aromatic nitrogens is 1. The lowest BCUT2D eigenvalue weighted by molar-refractivity contribution is -0.185. The normalized spacial score (nSPS) is 21.8. The van der Waals surface area contributed by atoms with Gasteiger partial charge in [0, 0.05) is 30.8 Å². The number of piperidine rings is 1. The molecule has 0 radical (unpaired) electrons. The van der Waals surface area contributed by atoms with Crippen molar-refractivity contribution in [3.8, 4) is 0 Å². The van der Waals surface area contributed by atoms with Gasteiger partial charge in [-0.15, -0.1) is 11.3 Å². The van der Waals surface area contributed by atoms with E-state index in [9.17, 15) is 4.79 Å². The number of likely N-dealkylation sites (tertiary alicyclic amines) is 1. The minimum atomic E-state index is -0.378. The first kappa shape index (κ1) is 14.9. The molecular weight excluding hydrogens is 290 g/mol. The summed E-state index contributed by atoms with van der Waals surface area (Å²) in [7, 11) is 0. The Kier molecular flexibility index (Phi) is 4.26. The summed E-state index contributed by atoms with van der Waals surface area (Å²) in [6, 6.07) is 0. The number of thiazole rings is 1. The molecule has 116 valence electrons. The summed E-state index contributed by atoms with van der Waals surface area (Å²) in [6.07, 6.45) is 1.66. The second-order valence-electron chi connectivity index (χ2n) is 5.59. The van der Waals surface area contributed by atoms with Crippen LogP contribution in [0.5, 0.6) is 0 Å². The van der Waals surface area contributed by atoms with Crippen LogP contribution in [-0.4, -0.2) is 54.4 Å². The zero-order valence-electron chi connectivity index (χ0n) is 12.5. The molecule has 0 aromatic carbocycles. The Bertz CT molecular complexity index is 496. The van der Waals surface area contributed by atoms with Crippen molar-refractivity contribution in [2.24, 2.45) is 0 Å². The molecule has 1 spiro atoms. The number of carbonyl (C=O) groups is 1. The SMILES string of the molecule is Cc1nc(NC(=O)CN2CCC3(CC2)OCCO3)sc1C. The van der Waals surface area contributed by atoms with Crippen LogP contribution in [0, 0.1) is 13.8 Å². The molecule has 0 atom stereocenters. The van der Waals surface area contributed by atoms with Crippen molar-refractivity contribution in [1.82, 2.24) is 9.88 Å². The van der Waals surface area contributed by atoms with Crippen molar-refractivity contribution in [2.75, 3.05) is 38.2 Å². The summed E-state index contributed by atoms with van der Waals surface area (Å²) < 4.78 is 11.4. The van der Waals surface area contributed by atoms with Crippen LogP contribution in [0.25, 0.3) is 0 Å². The summed E-state index contributed by atoms with van der Waals surface area (Å²) >= 11 is 1.52. The Morgan fingerprint density at radius 2 is 2.00 bits per heavy atom. The highest BCUT2D eigenvalue weighted by molar-refractivity contribution is 7.15. The second kappa shape index (κ2) is 6.00. The smallest absolute Gasteiger partial charge is 0.240 e. The molecule has 21 heavy (non-hydrogen) atoms. The number of nitrogens with zero attached hydrogens (tertiary/aromatic N) is 2. The van der Waals surface area contributed by atoms with Crippen LogP contribution >= 0.6 is 11.3 Å². The van der Waals surface area contributed by atoms with Crippen LogP contribution < -0.4 is 5.32 Å². The third-order valence-electron chi connectivity index (χ3n) is 4.07. The van der Waals surface area contributed by atoms with E-state index in [1.165, 1.54) is 11.3 Å². The van der Waals surface area contributed by atoms with Gasteiger partial charge in [0.05, 0.1) is 25.5 Å². The lowest BCUT2D eigenvalue weighted by Gasteiger charge is -2.37. The number of rotatable bonds is 3. The molecule has 1 aromatic heterocycles. The summed E-state index contributed by atoms with van der Waals surface area (Å²) in [5.74, 6) is -0.385. The topological polar surface area (TPSA) is 63.7 Å². The van der Waals surface area contributed by atoms with Gasteiger partial charge in [0.1, 0.15) is 0 Å². The average molecular weight is 311 g/mol. The van der Waals surface area contributed by atoms with Crippen LogP contribution in [0.1, 0.15) is 23.4 Å². The van der Waals surface area contributed by atoms with E-state index in [4.69, 9.17) is 9.47 Å². The van der Waals surface area contributed by atoms with Crippen LogP contribution in [0.4, 0.5) is 5.13 Å². The Labute approximate surface area is 128 Å². The fraction of sp³-hybridized carbons (Fsp3) is 0.714. The van der Waals surface area contributed by atoms with E-state index in [0.29, 0.717) is 24.9 Å². The molecule has 0 aliphatic carbocycles. The highest BCUT2D eigenvalue weighted by Gasteiger charge is 2.39. The molecule has 2 saturated heterocycles. The van der Waals surface area contributed by atoms with Crippen molar-refractivity contribution in [2.45, 2.75) is 32.5 Å². The molecule has 2 aliphatic heterocycles. The molecule has 1 aromatic rings. The molecule has 7 heteroatoms. The maximum atomic E-state index is 12.1. The van der Waals surface area contributed by atoms with Crippen molar-refractivity contribution in [1.29, 1.82) is 0 Å². The number of nitrogens with one attached hydrogen (secondary N) is 1. The standard InChI is InChI=1S/C14H21N3O3S/c1-10-11(2)21-13(15-10)16-12(18)9-17-5-3-14(4-6-17)19-7-8-20-14/h3-9H2,1-2H3,(H,15,16,18). The van der Waals surface area contributed by atoms with E-state index >= 15 is 0 Å². The Balaban J connectivity index is 1.47. The number of amides is 1. The average Bonchev–Trinajstić information content (AvgIpc) is 3.01. The third-order valence-corrected chi connectivity index (χ3v) is 5.06. The number of ether oxygens (including phenoxy) is 2. The fourth-order valence-corrected chi connectivity index (χ4v) is 3.56. The van der Waals surface area contributed by atoms with Gasteiger partial charge in [-0.25, -0.2) is 4.98 Å². The van der Waals surface area contributed by atoms with E-state index in [-0.39, 0.29) is 11.7 Å². The minimum absolute atomic E-state index is 0.00652. The minimum Gasteiger partial charge on any atom is -0.347 e. The fourth-order valence-electron chi connectivity index (χ4n) is 2.73. The van der Waals surface area contributed by atoms with E-state index in [1.54, 1.807) is 0 Å². The molecule has 1 N–H and O–H groups in total. The summed E-state index contributed by atoms with van der Waals surface area (Å²) in [4.78, 5) is 19.7. The van der Waals surface area contributed by atoms with Gasteiger partial charge in [-0.3, -0.25) is 9.69 Å². The van der Waals surface area contributed by atoms with Gasteiger partial charge < -0.3 is 14.8 Å². The monoisotopic (exact) mass is 311 g/mol. The zero-order valence-corrected chi connectivity index (χ0v) is 13.3. The van der Waals surface area contributed by atoms with Crippen LogP contribution in [-0.2, 0) is 14.3 Å². The second-order valence-corrected chi connectivity index (χ2v) is 6.80. The Morgan fingerprint density at radius 1 is 1.33 bits per heavy atom. The molecular formula is C14H21N3O3S. The van der Waals surface area contributed by atoms with Crippen molar-refractivity contribution in [3.05, 3.63) is 10.6 Å². The van der Waals surface area contributed by atoms with Crippen LogP contribution in [0.3, 0.4) is 0 Å². The first-order chi connectivity index (χ1) is 10.1. The van der Waals surface area contributed by atoms with Gasteiger partial charge in [0.2, 0.25) is 5.91 Å². The Morgan fingerprint density at radius 3 is 2.57 bits per heavy atom. The molecule has 3 rings (SSSR count). The van der Waals surface area contributed by atoms with Gasteiger partial charge in [-0.1, -0.05) is 0 Å². The molecule has 6 nitrogen and oxygen atoms in total. The predicted octanol–water partition coefficient (Wildman–Crippen LogP) is 1.54. The number of hydrogen-bond acceptors (Lipinski definition) is 6. The molecule has 0 bridgehead atoms. The lowest BCUT2D eigenvalue weighted by Crippen LogP contribution is -2.47. The molecule has 0 unspecified atom stereocenters. The van der Waals surface area contributed by atoms with E-state index < -0.39 is 0 Å². The molecule has 1 amide bonds. The van der Waals surface area contributed by atoms with E-state index in [2.05, 4.69) is 15.2 Å². The van der Waals surface area contributed by atoms with Gasteiger partial charge >= 0.3 is 0 Å². The highest BCUT2D eigenvalue weighted by atomic mass is 32.1. The van der Waals surface area contributed by atoms with E-state index in [0.717, 1.165) is 36.5 Å². The number of carbonyl (C=O) groups excluding carboxylic acids is 1. The predicted molar refractivity (Wildman–Crippen MR) is 80.5 cm³/mol. The summed E-state index contributed by atoms with van der Waals surface area (Å²) in [5, 5.41) is 3.56. The van der Waals surface area contributed by atoms with Crippen LogP contribution in [0.2, 0.25) is 0 Å². The first-order valence-corrected chi connectivity index (χ1v) is 8.12. The van der Waals surface area contributed by atoms with E-state index in [1.807, 2.05) is 13.8 Å². The number of anilines is 1. The quantitative estimate of drug-likeness (QED) is 0.917. The summed E-state index contributed by atoms with van der Waals surface area (Å²) in [6.45, 7) is 7.37. The Hall–Kier alpha value is -1.02. The zero-order chi connectivity index (χ0) is 14.9. The largest absolute Gasteiger partial charge is 0.347 e. The number of aryl methyl sites for hydroxylation is 2. The number of hydrogen-bond donors (Lipinski definition) is 1. The van der Waals surface area contributed by atoms with Gasteiger partial charge in [-0.2, -0.15) is 0 Å². The van der Waals surface area contributed by atoms with Gasteiger partial charge in [-0.05, 0) is 13.8 Å². The molecule has 2 fully saturated rings. The summed E-state index contributed by atoms with van der Waals surface area (Å²) in [5.41, 5.74) is 0.978. The highest BCUT2D eigenvalue weighted by Crippen LogP contribution is 2.31. The molecule has 2 aliphatic rings. The van der Waals surface area contributed by atoms with Gasteiger partial charge in [0.15, 0.2) is 10.9 Å². The van der Waals surface area contributed by atoms with Gasteiger partial charge in [0.25, 0.3) is 0 Å². The van der Waals surface area contributed by atoms with Crippen molar-refractivity contribution >= 4 is 22.4 Å².